The van der Waals surface area contributed by atoms with Crippen LogP contribution in [0.4, 0.5) is 13.2 Å². The van der Waals surface area contributed by atoms with Gasteiger partial charge in [0, 0.05) is 17.7 Å². The Hall–Kier alpha value is -2.90. The van der Waals surface area contributed by atoms with Gasteiger partial charge in [0.2, 0.25) is 0 Å². The van der Waals surface area contributed by atoms with Crippen LogP contribution in [-0.2, 0) is 11.3 Å². The molecule has 1 saturated carbocycles. The second kappa shape index (κ2) is 6.12. The van der Waals surface area contributed by atoms with Crippen molar-refractivity contribution >= 4 is 16.8 Å². The Morgan fingerprint density at radius 2 is 2.00 bits per heavy atom. The van der Waals surface area contributed by atoms with Crippen molar-refractivity contribution < 1.29 is 22.7 Å². The summed E-state index contributed by atoms with van der Waals surface area (Å²) in [7, 11) is 0. The molecule has 1 aliphatic carbocycles. The van der Waals surface area contributed by atoms with E-state index in [1.54, 1.807) is 29.2 Å². The fourth-order valence-corrected chi connectivity index (χ4v) is 2.80. The highest BCUT2D eigenvalue weighted by Crippen LogP contribution is 2.31. The molecule has 4 rings (SSSR count). The molecule has 0 amide bonds. The van der Waals surface area contributed by atoms with E-state index in [1.165, 1.54) is 18.2 Å². The van der Waals surface area contributed by atoms with Crippen molar-refractivity contribution in [2.75, 3.05) is 0 Å². The SMILES string of the molecule is O=C(Cn1ncc2ncc(-c3cccc(OC(F)(F)F)c3)cc21)C1CC1. The molecule has 1 aromatic carbocycles. The van der Waals surface area contributed by atoms with Crippen molar-refractivity contribution in [2.24, 2.45) is 5.92 Å². The molecule has 2 heterocycles. The molecular weight excluding hydrogens is 347 g/mol. The third-order valence-corrected chi connectivity index (χ3v) is 4.23. The Labute approximate surface area is 146 Å². The summed E-state index contributed by atoms with van der Waals surface area (Å²) in [6, 6.07) is 7.45. The lowest BCUT2D eigenvalue weighted by atomic mass is 10.1. The molecular formula is C18H14F3N3O2. The minimum Gasteiger partial charge on any atom is -0.406 e. The van der Waals surface area contributed by atoms with Crippen molar-refractivity contribution in [1.29, 1.82) is 0 Å². The number of pyridine rings is 1. The van der Waals surface area contributed by atoms with Gasteiger partial charge in [-0.15, -0.1) is 13.2 Å². The van der Waals surface area contributed by atoms with E-state index >= 15 is 0 Å². The van der Waals surface area contributed by atoms with Gasteiger partial charge in [-0.2, -0.15) is 5.10 Å². The minimum absolute atomic E-state index is 0.126. The lowest BCUT2D eigenvalue weighted by Gasteiger charge is -2.10. The predicted molar refractivity (Wildman–Crippen MR) is 87.4 cm³/mol. The molecule has 0 radical (unpaired) electrons. The Morgan fingerprint density at radius 1 is 1.19 bits per heavy atom. The number of hydrogen-bond donors (Lipinski definition) is 0. The number of ketones is 1. The van der Waals surface area contributed by atoms with E-state index in [0.29, 0.717) is 22.2 Å². The first-order chi connectivity index (χ1) is 12.4. The summed E-state index contributed by atoms with van der Waals surface area (Å²) in [4.78, 5) is 16.3. The second-order valence-corrected chi connectivity index (χ2v) is 6.25. The van der Waals surface area contributed by atoms with Gasteiger partial charge in [0.25, 0.3) is 0 Å². The summed E-state index contributed by atoms with van der Waals surface area (Å²) in [5, 5.41) is 4.21. The highest BCUT2D eigenvalue weighted by Gasteiger charge is 2.31. The van der Waals surface area contributed by atoms with Gasteiger partial charge in [-0.25, -0.2) is 0 Å². The molecule has 0 spiro atoms. The van der Waals surface area contributed by atoms with Crippen LogP contribution in [0.1, 0.15) is 12.8 Å². The maximum absolute atomic E-state index is 12.4. The molecule has 0 atom stereocenters. The maximum Gasteiger partial charge on any atom is 0.573 e. The quantitative estimate of drug-likeness (QED) is 0.690. The van der Waals surface area contributed by atoms with Crippen LogP contribution in [-0.4, -0.2) is 26.9 Å². The first-order valence-electron chi connectivity index (χ1n) is 8.09. The van der Waals surface area contributed by atoms with Crippen LogP contribution in [0.25, 0.3) is 22.2 Å². The average molecular weight is 361 g/mol. The van der Waals surface area contributed by atoms with Crippen molar-refractivity contribution in [3.05, 3.63) is 42.7 Å². The number of rotatable bonds is 5. The molecule has 0 bridgehead atoms. The first-order valence-corrected chi connectivity index (χ1v) is 8.09. The number of carbonyl (C=O) groups is 1. The molecule has 2 aromatic heterocycles. The van der Waals surface area contributed by atoms with E-state index < -0.39 is 6.36 Å². The molecule has 0 aliphatic heterocycles. The zero-order valence-electron chi connectivity index (χ0n) is 13.5. The van der Waals surface area contributed by atoms with E-state index in [9.17, 15) is 18.0 Å². The Bertz CT molecular complexity index is 977. The summed E-state index contributed by atoms with van der Waals surface area (Å²) in [6.45, 7) is 0.177. The van der Waals surface area contributed by atoms with Gasteiger partial charge in [-0.3, -0.25) is 14.5 Å². The van der Waals surface area contributed by atoms with Gasteiger partial charge >= 0.3 is 6.36 Å². The number of Topliss-reactive ketones (excluding diaryl/α,β-unsaturated/α-hetero) is 1. The Balaban J connectivity index is 1.66. The Kier molecular flexibility index (Phi) is 3.90. The van der Waals surface area contributed by atoms with Crippen LogP contribution in [0.5, 0.6) is 5.75 Å². The van der Waals surface area contributed by atoms with E-state index in [0.717, 1.165) is 12.8 Å². The first kappa shape index (κ1) is 16.6. The van der Waals surface area contributed by atoms with Crippen molar-refractivity contribution in [1.82, 2.24) is 14.8 Å². The van der Waals surface area contributed by atoms with Gasteiger partial charge in [0.1, 0.15) is 17.8 Å². The fourth-order valence-electron chi connectivity index (χ4n) is 2.80. The molecule has 1 aliphatic rings. The minimum atomic E-state index is -4.75. The standard InChI is InChI=1S/C18H14F3N3O2/c19-18(20,21)26-14-3-1-2-12(6-14)13-7-16-15(22-8-13)9-23-24(16)10-17(25)11-4-5-11/h1-3,6-9,11H,4-5,10H2. The largest absolute Gasteiger partial charge is 0.573 e. The smallest absolute Gasteiger partial charge is 0.406 e. The normalized spacial score (nSPS) is 14.6. The van der Waals surface area contributed by atoms with Gasteiger partial charge in [0.15, 0.2) is 5.78 Å². The van der Waals surface area contributed by atoms with Crippen molar-refractivity contribution in [3.63, 3.8) is 0 Å². The maximum atomic E-state index is 12.4. The predicted octanol–water partition coefficient (Wildman–Crippen LogP) is 3.98. The lowest BCUT2D eigenvalue weighted by molar-refractivity contribution is -0.274. The van der Waals surface area contributed by atoms with E-state index in [1.807, 2.05) is 0 Å². The zero-order valence-corrected chi connectivity index (χ0v) is 13.5. The molecule has 3 aromatic rings. The highest BCUT2D eigenvalue weighted by atomic mass is 19.4. The lowest BCUT2D eigenvalue weighted by Crippen LogP contribution is -2.17. The number of ether oxygens (including phenoxy) is 1. The van der Waals surface area contributed by atoms with Gasteiger partial charge in [0.05, 0.1) is 11.7 Å². The number of alkyl halides is 3. The number of aromatic nitrogens is 3. The monoisotopic (exact) mass is 361 g/mol. The van der Waals surface area contributed by atoms with Crippen LogP contribution < -0.4 is 4.74 Å². The number of hydrogen-bond acceptors (Lipinski definition) is 4. The van der Waals surface area contributed by atoms with Crippen LogP contribution in [0.15, 0.2) is 42.7 Å². The van der Waals surface area contributed by atoms with Crippen LogP contribution in [0.3, 0.4) is 0 Å². The van der Waals surface area contributed by atoms with Crippen molar-refractivity contribution in [2.45, 2.75) is 25.7 Å². The second-order valence-electron chi connectivity index (χ2n) is 6.25. The highest BCUT2D eigenvalue weighted by molar-refractivity contribution is 5.86. The molecule has 134 valence electrons. The van der Waals surface area contributed by atoms with E-state index in [4.69, 9.17) is 0 Å². The van der Waals surface area contributed by atoms with Crippen LogP contribution in [0.2, 0.25) is 0 Å². The molecule has 5 nitrogen and oxygen atoms in total. The molecule has 0 saturated heterocycles. The van der Waals surface area contributed by atoms with Gasteiger partial charge < -0.3 is 4.74 Å². The molecule has 0 N–H and O–H groups in total. The van der Waals surface area contributed by atoms with E-state index in [2.05, 4.69) is 14.8 Å². The van der Waals surface area contributed by atoms with Gasteiger partial charge in [-0.05, 0) is 36.6 Å². The number of fused-ring (bicyclic) bond motifs is 1. The summed E-state index contributed by atoms with van der Waals surface area (Å²) in [5.74, 6) is -0.0323. The third kappa shape index (κ3) is 3.54. The van der Waals surface area contributed by atoms with Crippen molar-refractivity contribution in [3.8, 4) is 16.9 Å². The number of carbonyl (C=O) groups excluding carboxylic acids is 1. The molecule has 1 fully saturated rings. The number of benzene rings is 1. The molecule has 0 unspecified atom stereocenters. The topological polar surface area (TPSA) is 57.0 Å². The summed E-state index contributed by atoms with van der Waals surface area (Å²) < 4.78 is 42.8. The van der Waals surface area contributed by atoms with Crippen LogP contribution in [0, 0.1) is 5.92 Å². The summed E-state index contributed by atoms with van der Waals surface area (Å²) >= 11 is 0. The fraction of sp³-hybridized carbons (Fsp3) is 0.278. The van der Waals surface area contributed by atoms with Gasteiger partial charge in [-0.1, -0.05) is 12.1 Å². The molecule has 8 heteroatoms. The third-order valence-electron chi connectivity index (χ3n) is 4.23. The average Bonchev–Trinajstić information content (AvgIpc) is 3.36. The van der Waals surface area contributed by atoms with Crippen LogP contribution >= 0.6 is 0 Å². The summed E-state index contributed by atoms with van der Waals surface area (Å²) in [6.07, 6.45) is 0.232. The number of halogens is 3. The summed E-state index contributed by atoms with van der Waals surface area (Å²) in [5.41, 5.74) is 2.44. The molecule has 26 heavy (non-hydrogen) atoms. The number of nitrogens with zero attached hydrogens (tertiary/aromatic N) is 3. The van der Waals surface area contributed by atoms with E-state index in [-0.39, 0.29) is 24.0 Å². The zero-order chi connectivity index (χ0) is 18.3. The Morgan fingerprint density at radius 3 is 2.73 bits per heavy atom.